The van der Waals surface area contributed by atoms with Crippen molar-refractivity contribution >= 4 is 53.9 Å². The van der Waals surface area contributed by atoms with Crippen LogP contribution in [0.2, 0.25) is 0 Å². The SMILES string of the molecule is [2H]c1c([2H])c([2H])c2c(c1[2H])c1c([2H])c([2H])c([2H])c3ccc4cc5ccccc5c2c4c31. The highest BCUT2D eigenvalue weighted by Gasteiger charge is 2.14. The smallest absolute Gasteiger partial charge is 0.0616 e. The Morgan fingerprint density at radius 1 is 0.500 bits per heavy atom. The zero-order chi connectivity index (χ0) is 21.8. The first-order chi connectivity index (χ1) is 14.8. The molecule has 0 fully saturated rings. The van der Waals surface area contributed by atoms with Gasteiger partial charge in [0.25, 0.3) is 0 Å². The van der Waals surface area contributed by atoms with Crippen LogP contribution in [0.1, 0.15) is 9.60 Å². The summed E-state index contributed by atoms with van der Waals surface area (Å²) in [5, 5.41) is 6.18. The van der Waals surface area contributed by atoms with Crippen molar-refractivity contribution in [1.29, 1.82) is 0 Å². The third-order valence-corrected chi connectivity index (χ3v) is 4.85. The molecular formula is C24H14. The number of fused-ring (bicyclic) bond motifs is 5. The summed E-state index contributed by atoms with van der Waals surface area (Å²) < 4.78 is 59.3. The number of benzene rings is 6. The van der Waals surface area contributed by atoms with E-state index >= 15 is 0 Å². The summed E-state index contributed by atoms with van der Waals surface area (Å²) in [5.41, 5.74) is 0. The minimum atomic E-state index is -0.367. The van der Waals surface area contributed by atoms with Gasteiger partial charge in [-0.3, -0.25) is 0 Å². The molecule has 0 aliphatic rings. The van der Waals surface area contributed by atoms with Gasteiger partial charge < -0.3 is 0 Å². The van der Waals surface area contributed by atoms with Crippen LogP contribution in [0.25, 0.3) is 53.9 Å². The number of rotatable bonds is 0. The lowest BCUT2D eigenvalue weighted by molar-refractivity contribution is 1.78. The van der Waals surface area contributed by atoms with Gasteiger partial charge in [-0.1, -0.05) is 78.7 Å². The summed E-state index contributed by atoms with van der Waals surface area (Å²) in [4.78, 5) is 0. The van der Waals surface area contributed by atoms with Crippen LogP contribution in [0.3, 0.4) is 0 Å². The summed E-state index contributed by atoms with van der Waals surface area (Å²) in [6, 6.07) is 11.9. The highest BCUT2D eigenvalue weighted by atomic mass is 14.2. The van der Waals surface area contributed by atoms with E-state index in [2.05, 4.69) is 0 Å². The Morgan fingerprint density at radius 3 is 2.21 bits per heavy atom. The fraction of sp³-hybridized carbons (Fsp3) is 0. The first kappa shape index (κ1) is 7.63. The second kappa shape index (κ2) is 4.24. The van der Waals surface area contributed by atoms with Crippen LogP contribution in [-0.2, 0) is 0 Å². The van der Waals surface area contributed by atoms with E-state index in [4.69, 9.17) is 9.60 Å². The Labute approximate surface area is 149 Å². The molecule has 0 saturated carbocycles. The molecule has 0 heterocycles. The molecule has 6 rings (SSSR count). The minimum Gasteiger partial charge on any atom is -0.0616 e. The van der Waals surface area contributed by atoms with Crippen molar-refractivity contribution < 1.29 is 9.60 Å². The Balaban J connectivity index is 2.19. The zero-order valence-corrected chi connectivity index (χ0v) is 12.5. The van der Waals surface area contributed by atoms with Crippen LogP contribution in [0.15, 0.2) is 84.8 Å². The Kier molecular flexibility index (Phi) is 1.35. The van der Waals surface area contributed by atoms with Gasteiger partial charge in [-0.2, -0.15) is 0 Å². The fourth-order valence-corrected chi connectivity index (χ4v) is 3.88. The Bertz CT molecular complexity index is 1750. The molecule has 110 valence electrons. The largest absolute Gasteiger partial charge is 0.0629 e. The van der Waals surface area contributed by atoms with Gasteiger partial charge in [-0.25, -0.2) is 0 Å². The van der Waals surface area contributed by atoms with Crippen molar-refractivity contribution in [2.75, 3.05) is 0 Å². The van der Waals surface area contributed by atoms with Gasteiger partial charge in [-0.05, 0) is 59.9 Å². The number of hydrogen-bond donors (Lipinski definition) is 0. The molecule has 0 N–H and O–H groups in total. The molecule has 24 heavy (non-hydrogen) atoms. The third kappa shape index (κ3) is 1.39. The topological polar surface area (TPSA) is 0 Å². The average Bonchev–Trinajstić information content (AvgIpc) is 2.78. The van der Waals surface area contributed by atoms with E-state index in [1.165, 1.54) is 0 Å². The molecule has 0 aromatic heterocycles. The maximum atomic E-state index is 8.71. The van der Waals surface area contributed by atoms with E-state index in [1.807, 2.05) is 36.4 Å². The van der Waals surface area contributed by atoms with Crippen LogP contribution in [0.5, 0.6) is 0 Å². The van der Waals surface area contributed by atoms with E-state index in [9.17, 15) is 0 Å². The predicted octanol–water partition coefficient (Wildman–Crippen LogP) is 6.89. The first-order valence-corrected chi connectivity index (χ1v) is 7.82. The molecule has 0 aliphatic heterocycles. The molecule has 0 nitrogen and oxygen atoms in total. The maximum Gasteiger partial charge on any atom is 0.0629 e. The first-order valence-electron chi connectivity index (χ1n) is 11.3. The van der Waals surface area contributed by atoms with Crippen molar-refractivity contribution in [2.24, 2.45) is 0 Å². The van der Waals surface area contributed by atoms with Crippen LogP contribution in [0.4, 0.5) is 0 Å². The monoisotopic (exact) mass is 309 g/mol. The van der Waals surface area contributed by atoms with Crippen LogP contribution in [-0.4, -0.2) is 0 Å². The molecule has 0 radical (unpaired) electrons. The van der Waals surface area contributed by atoms with Gasteiger partial charge >= 0.3 is 0 Å². The van der Waals surface area contributed by atoms with Gasteiger partial charge in [0.1, 0.15) is 0 Å². The summed E-state index contributed by atoms with van der Waals surface area (Å²) in [7, 11) is 0. The molecule has 0 bridgehead atoms. The fourth-order valence-electron chi connectivity index (χ4n) is 3.88. The molecule has 0 heteroatoms. The van der Waals surface area contributed by atoms with Crippen molar-refractivity contribution in [3.05, 3.63) is 84.8 Å². The van der Waals surface area contributed by atoms with Crippen molar-refractivity contribution in [2.45, 2.75) is 0 Å². The standard InChI is InChI=1S/C24H14/c1-2-8-18-16(6-1)14-17-13-12-15-7-5-11-20-19-9-3-4-10-21(19)24(18)23(17)22(15)20/h1-14H/i3D,4D,5D,7D,9D,10D,11D. The van der Waals surface area contributed by atoms with Crippen molar-refractivity contribution in [3.8, 4) is 0 Å². The van der Waals surface area contributed by atoms with Gasteiger partial charge in [-0.15, -0.1) is 0 Å². The molecule has 0 aliphatic carbocycles. The van der Waals surface area contributed by atoms with Gasteiger partial charge in [0.05, 0.1) is 9.60 Å². The highest BCUT2D eigenvalue weighted by molar-refractivity contribution is 6.38. The molecule has 6 aromatic carbocycles. The molecule has 0 amide bonds. The quantitative estimate of drug-likeness (QED) is 0.212. The molecular weight excluding hydrogens is 288 g/mol. The second-order valence-electron chi connectivity index (χ2n) is 6.06. The van der Waals surface area contributed by atoms with Crippen molar-refractivity contribution in [1.82, 2.24) is 0 Å². The minimum absolute atomic E-state index is 0.0472. The van der Waals surface area contributed by atoms with E-state index in [0.29, 0.717) is 26.9 Å². The van der Waals surface area contributed by atoms with Crippen LogP contribution in [0, 0.1) is 0 Å². The molecule has 6 aromatic rings. The van der Waals surface area contributed by atoms with Gasteiger partial charge in [0.15, 0.2) is 0 Å². The van der Waals surface area contributed by atoms with Gasteiger partial charge in [0.2, 0.25) is 0 Å². The zero-order valence-electron chi connectivity index (χ0n) is 19.5. The highest BCUT2D eigenvalue weighted by Crippen LogP contribution is 2.43. The van der Waals surface area contributed by atoms with Crippen LogP contribution < -0.4 is 0 Å². The lowest BCUT2D eigenvalue weighted by Gasteiger charge is -2.16. The van der Waals surface area contributed by atoms with Crippen LogP contribution >= 0.6 is 0 Å². The average molecular weight is 309 g/mol. The maximum absolute atomic E-state index is 8.71. The predicted molar refractivity (Wildman–Crippen MR) is 105 cm³/mol. The Morgan fingerprint density at radius 2 is 1.25 bits per heavy atom. The number of hydrogen-bond acceptors (Lipinski definition) is 0. The van der Waals surface area contributed by atoms with Gasteiger partial charge in [0, 0.05) is 0 Å². The Hall–Kier alpha value is -3.12. The van der Waals surface area contributed by atoms with E-state index in [-0.39, 0.29) is 47.7 Å². The normalized spacial score (nSPS) is 16.2. The van der Waals surface area contributed by atoms with Crippen molar-refractivity contribution in [3.63, 3.8) is 0 Å². The van der Waals surface area contributed by atoms with E-state index < -0.39 is 0 Å². The summed E-state index contributed by atoms with van der Waals surface area (Å²) in [6.07, 6.45) is 0. The molecule has 0 atom stereocenters. The second-order valence-corrected chi connectivity index (χ2v) is 6.06. The molecule has 0 spiro atoms. The lowest BCUT2D eigenvalue weighted by atomic mass is 9.87. The molecule has 0 unspecified atom stereocenters. The third-order valence-electron chi connectivity index (χ3n) is 4.85. The lowest BCUT2D eigenvalue weighted by Crippen LogP contribution is -1.88. The summed E-state index contributed by atoms with van der Waals surface area (Å²) in [5.74, 6) is 0. The molecule has 0 saturated heterocycles. The van der Waals surface area contributed by atoms with E-state index in [0.717, 1.165) is 21.5 Å². The summed E-state index contributed by atoms with van der Waals surface area (Å²) in [6.45, 7) is 0. The summed E-state index contributed by atoms with van der Waals surface area (Å²) >= 11 is 0. The van der Waals surface area contributed by atoms with E-state index in [1.54, 1.807) is 6.07 Å².